The zero-order valence-electron chi connectivity index (χ0n) is 77.1. The lowest BCUT2D eigenvalue weighted by Crippen LogP contribution is -2.48. The lowest BCUT2D eigenvalue weighted by Gasteiger charge is -2.27. The Bertz CT molecular complexity index is 6280. The highest BCUT2D eigenvalue weighted by molar-refractivity contribution is 8.77. The number of hydrogen-bond donors (Lipinski definition) is 16. The van der Waals surface area contributed by atoms with Crippen molar-refractivity contribution in [1.29, 1.82) is 5.26 Å². The fraction of sp³-hybridized carbons (Fsp3) is 0.526. The van der Waals surface area contributed by atoms with E-state index in [1.165, 1.54) is 74.2 Å². The number of anilines is 4. The standard InChI is InChI=1S/C39H53N13O18P2S2.C19H26N8O13P2.C18H23N5O4S2/c1-39(2,3)69-38(57)47-23(10-9-21(74-73-4)14-43-37(56)63-15-20-7-5-6-8-22(20)49-50-42)35(54)68-31-26(67-34(30(31)53)52-19-46-29-32(41)44-18-45-33(29)52)17-65-72(61,62)70-24-13-28(51-12-11-27(40)48-36(51)55)66-25(24)16-64-71(58,59)60;20-11-1-2-26(19(30)25-11)12-3-8(9(38-12)4-36-41(31,32)33)40-42(34,35)37-5-10-14(28)15(29)18(39-10)27-7-24-13-16(21)22-6-23-17(13)27;1-13(17(24)26-10-9-19)7-8-15(29-28-2)11-21-18(25)27-12-14-5-3-4-6-16(14)22-23-20/h5-8,11-12,18-19,21,23-26,28,30-31,34,53H,9-10,13-17H2,1-4H3,(H,43,56)(H,47,57)(H,61,62)(H2,40,48,55)(H2,41,44,45)(H2,58,59,60);1-2,6-10,12,14-15,18,28-29H,3-5H2,(H,34,35)(H2,20,25,30)(H2,21,22,23)(H2,31,32,33);3-6,13,15H,7-8,10-12H2,1-2H3,(H,21,25)/t21-,23-,24-,25+,26+,28+,30+,31+,34+;8-,9+,10+,12+,14+,15+,18+;13-,15-/m000/s1. The molecule has 2 unspecified atom stereocenters. The normalized spacial score (nSPS) is 22.5. The molecule has 4 fully saturated rings. The van der Waals surface area contributed by atoms with Crippen molar-refractivity contribution in [2.24, 2.45) is 16.1 Å². The lowest BCUT2D eigenvalue weighted by atomic mass is 10.0. The maximum atomic E-state index is 14.3. The molecule has 4 aliphatic rings. The number of phosphoric acid groups is 4. The number of nitrogen functional groups attached to an aromatic ring is 4. The third-order valence-corrected chi connectivity index (χ3v) is 28.4. The van der Waals surface area contributed by atoms with Gasteiger partial charge in [-0.15, -0.1) is 0 Å². The van der Waals surface area contributed by atoms with Crippen LogP contribution in [0, 0.1) is 17.2 Å². The Morgan fingerprint density at radius 1 is 0.572 bits per heavy atom. The predicted octanol–water partition coefficient (Wildman–Crippen LogP) is 5.72. The summed E-state index contributed by atoms with van der Waals surface area (Å²) in [6, 6.07) is 16.2. The van der Waals surface area contributed by atoms with Crippen LogP contribution in [0.15, 0.2) is 118 Å². The molecule has 0 saturated carbocycles. The van der Waals surface area contributed by atoms with Gasteiger partial charge in [-0.3, -0.25) is 50.2 Å². The van der Waals surface area contributed by atoms with Gasteiger partial charge in [0, 0.05) is 70.0 Å². The van der Waals surface area contributed by atoms with E-state index in [9.17, 15) is 86.7 Å². The van der Waals surface area contributed by atoms with E-state index in [0.29, 0.717) is 36.2 Å². The van der Waals surface area contributed by atoms with E-state index in [1.807, 2.05) is 6.26 Å². The van der Waals surface area contributed by atoms with Crippen LogP contribution in [0.5, 0.6) is 0 Å². The second-order valence-corrected chi connectivity index (χ2v) is 43.0. The van der Waals surface area contributed by atoms with Gasteiger partial charge in [-0.1, -0.05) is 109 Å². The number of benzene rings is 2. The van der Waals surface area contributed by atoms with Gasteiger partial charge in [0.1, 0.15) is 134 Å². The molecule has 8 aromatic rings. The molecule has 61 nitrogen and oxygen atoms in total. The Morgan fingerprint density at radius 2 is 1.01 bits per heavy atom. The molecule has 20 atom stereocenters. The number of aliphatic hydroxyl groups excluding tert-OH is 3. The number of aliphatic hydroxyl groups is 3. The Labute approximate surface area is 835 Å². The number of ether oxygens (including phenoxy) is 9. The molecule has 145 heavy (non-hydrogen) atoms. The fourth-order valence-electron chi connectivity index (χ4n) is 14.1. The van der Waals surface area contributed by atoms with Gasteiger partial charge in [-0.25, -0.2) is 76.9 Å². The number of fused-ring (bicyclic) bond motifs is 2. The molecule has 4 saturated heterocycles. The molecular formula is C76H102N26O35P4S4. The number of imidazole rings is 2. The lowest BCUT2D eigenvalue weighted by molar-refractivity contribution is -0.159. The number of hydrogen-bond acceptors (Lipinski definition) is 48. The van der Waals surface area contributed by atoms with Gasteiger partial charge in [-0.2, -0.15) is 15.2 Å². The molecule has 0 radical (unpaired) electrons. The summed E-state index contributed by atoms with van der Waals surface area (Å²) >= 11 is 0. The summed E-state index contributed by atoms with van der Waals surface area (Å²) in [6.45, 7) is 3.10. The average Bonchev–Trinajstić information content (AvgIpc) is 1.62. The summed E-state index contributed by atoms with van der Waals surface area (Å²) in [4.78, 5) is 184. The number of nitrogens with one attached hydrogen (secondary N) is 3. The zero-order chi connectivity index (χ0) is 106. The van der Waals surface area contributed by atoms with Crippen molar-refractivity contribution in [1.82, 2.24) is 74.1 Å². The van der Waals surface area contributed by atoms with Crippen molar-refractivity contribution >= 4 is 162 Å². The molecular weight excluding hydrogens is 2090 g/mol. The Morgan fingerprint density at radius 3 is 1.46 bits per heavy atom. The largest absolute Gasteiger partial charge is 0.472 e. The summed E-state index contributed by atoms with van der Waals surface area (Å²) in [5.74, 6) is -2.00. The molecule has 3 amide bonds. The van der Waals surface area contributed by atoms with Crippen LogP contribution in [0.2, 0.25) is 0 Å². The van der Waals surface area contributed by atoms with Crippen molar-refractivity contribution < 1.29 is 157 Å². The third-order valence-electron chi connectivity index (χ3n) is 20.8. The molecule has 6 aromatic heterocycles. The first-order valence-corrected chi connectivity index (χ1v) is 54.1. The molecule has 4 aliphatic heterocycles. The van der Waals surface area contributed by atoms with Gasteiger partial charge >= 0.3 is 72.9 Å². The molecule has 20 N–H and O–H groups in total. The maximum absolute atomic E-state index is 14.3. The van der Waals surface area contributed by atoms with E-state index in [2.05, 4.69) is 84.9 Å². The highest BCUT2D eigenvalue weighted by atomic mass is 33.1. The van der Waals surface area contributed by atoms with Crippen LogP contribution in [0.4, 0.5) is 49.0 Å². The van der Waals surface area contributed by atoms with Crippen LogP contribution in [-0.2, 0) is 111 Å². The number of carbonyl (C=O) groups is 5. The topological polar surface area (TPSA) is 893 Å². The van der Waals surface area contributed by atoms with Crippen molar-refractivity contribution in [3.63, 3.8) is 0 Å². The minimum absolute atomic E-state index is 0.0108. The van der Waals surface area contributed by atoms with Crippen LogP contribution in [0.1, 0.15) is 102 Å². The molecule has 0 spiro atoms. The van der Waals surface area contributed by atoms with E-state index < -0.39 is 202 Å². The van der Waals surface area contributed by atoms with Crippen molar-refractivity contribution in [2.45, 2.75) is 188 Å². The second-order valence-electron chi connectivity index (χ2n) is 32.2. The fourth-order valence-corrected chi connectivity index (χ4v) is 20.7. The summed E-state index contributed by atoms with van der Waals surface area (Å²) in [6.07, 6.45) is -11.3. The van der Waals surface area contributed by atoms with Crippen LogP contribution in [0.25, 0.3) is 43.2 Å². The number of carbonyl (C=O) groups excluding carboxylic acids is 5. The number of nitrogens with zero attached hydrogens (tertiary/aromatic N) is 19. The van der Waals surface area contributed by atoms with Crippen LogP contribution in [0.3, 0.4) is 0 Å². The Hall–Kier alpha value is -11.1. The summed E-state index contributed by atoms with van der Waals surface area (Å²) in [5.41, 5.74) is 39.9. The molecule has 0 bridgehead atoms. The first-order chi connectivity index (χ1) is 68.7. The molecule has 69 heteroatoms. The molecule has 0 aliphatic carbocycles. The average molecular weight is 2190 g/mol. The van der Waals surface area contributed by atoms with E-state index in [-0.39, 0.29) is 115 Å². The highest BCUT2D eigenvalue weighted by Gasteiger charge is 2.52. The second kappa shape index (κ2) is 53.5. The van der Waals surface area contributed by atoms with Crippen molar-refractivity contribution in [2.75, 3.05) is 81.6 Å². The number of esters is 2. The number of amides is 3. The van der Waals surface area contributed by atoms with Gasteiger partial charge in [0.25, 0.3) is 0 Å². The minimum Gasteiger partial charge on any atom is -0.455 e. The molecule has 10 heterocycles. The van der Waals surface area contributed by atoms with Gasteiger partial charge in [-0.05, 0) is 93.3 Å². The van der Waals surface area contributed by atoms with Crippen LogP contribution < -0.4 is 50.3 Å². The smallest absolute Gasteiger partial charge is 0.455 e. The quantitative estimate of drug-likeness (QED) is 0.00412. The van der Waals surface area contributed by atoms with Gasteiger partial charge in [0.15, 0.2) is 48.1 Å². The van der Waals surface area contributed by atoms with E-state index >= 15 is 0 Å². The van der Waals surface area contributed by atoms with Gasteiger partial charge in [0.05, 0.1) is 45.0 Å². The minimum atomic E-state index is -5.31. The summed E-state index contributed by atoms with van der Waals surface area (Å²) < 4.78 is 134. The number of azide groups is 2. The SMILES string of the molecule is CSS[C@@H](CC[C@H](C)C(=O)OCC#N)CNC(=O)OCc1ccccc1N=[N+]=[N-].CSS[C@@H](CC[C@H](NC(=O)OC(C)(C)C)C(=O)O[C@H]1[C@@H](O)[C@H](n2cnc3c(N)ncnc32)O[C@@H]1COP(=O)(O)O[C@H]1C[C@H](n2ccc(N)nc2=O)O[C@@H]1COP(=O)(O)O)CNC(=O)OCc1ccccc1N=[N+]=[N-].Nc1ccn([C@H]2C[C@H](OP(=O)(O)OC[C@H]3O[C@@H](n4cnc5c(N)ncnc54)[C@H](O)[C@@H]3O)[C@@H](COP(=O)(O)O)O2)c(=O)n1. The number of phosphoric ester groups is 4. The van der Waals surface area contributed by atoms with E-state index in [4.69, 9.17) is 110 Å². The number of aromatic nitrogens is 12. The molecule has 2 aromatic carbocycles. The Kier molecular flexibility index (Phi) is 42.7. The van der Waals surface area contributed by atoms with Gasteiger partial charge in [0.2, 0.25) is 0 Å². The zero-order valence-corrected chi connectivity index (χ0v) is 83.9. The monoisotopic (exact) mass is 2190 g/mol. The number of alkyl carbamates (subject to hydrolysis) is 3. The van der Waals surface area contributed by atoms with Gasteiger partial charge < -0.3 is 126 Å². The number of nitrogens with two attached hydrogens (primary N) is 4. The summed E-state index contributed by atoms with van der Waals surface area (Å²) in [7, 11) is -14.5. The predicted molar refractivity (Wildman–Crippen MR) is 509 cm³/mol. The molecule has 12 rings (SSSR count). The number of rotatable bonds is 45. The number of nitriles is 1. The molecule has 790 valence electrons. The third kappa shape index (κ3) is 34.8. The maximum Gasteiger partial charge on any atom is 0.472 e. The van der Waals surface area contributed by atoms with E-state index in [1.54, 1.807) is 110 Å². The first-order valence-electron chi connectivity index (χ1n) is 42.8. The van der Waals surface area contributed by atoms with Crippen molar-refractivity contribution in [3.8, 4) is 6.07 Å². The highest BCUT2D eigenvalue weighted by Crippen LogP contribution is 2.53. The Balaban J connectivity index is 0.000000253. The van der Waals surface area contributed by atoms with Crippen LogP contribution >= 0.6 is 74.5 Å². The van der Waals surface area contributed by atoms with Crippen LogP contribution in [-0.4, -0.2) is 275 Å². The summed E-state index contributed by atoms with van der Waals surface area (Å²) in [5, 5.41) is 56.1. The van der Waals surface area contributed by atoms with Crippen molar-refractivity contribution in [3.05, 3.63) is 151 Å². The first kappa shape index (κ1) is 116. The van der Waals surface area contributed by atoms with E-state index in [0.717, 1.165) is 15.5 Å².